The predicted octanol–water partition coefficient (Wildman–Crippen LogP) is 3.12. The number of nitrogen functional groups attached to an aromatic ring is 1. The molecule has 3 N–H and O–H groups in total. The summed E-state index contributed by atoms with van der Waals surface area (Å²) in [6.45, 7) is 5.24. The Labute approximate surface area is 123 Å². The van der Waals surface area contributed by atoms with Gasteiger partial charge in [-0.3, -0.25) is 0 Å². The lowest BCUT2D eigenvalue weighted by Gasteiger charge is -2.38. The molecular formula is C14H22N2O3S. The molecule has 0 saturated heterocycles. The molecule has 1 saturated carbocycles. The lowest BCUT2D eigenvalue weighted by molar-refractivity contribution is 0.0533. The van der Waals surface area contributed by atoms with Crippen molar-refractivity contribution in [1.82, 2.24) is 0 Å². The van der Waals surface area contributed by atoms with Crippen molar-refractivity contribution in [3.8, 4) is 5.75 Å². The van der Waals surface area contributed by atoms with Crippen molar-refractivity contribution in [2.45, 2.75) is 33.1 Å². The Hall–Kier alpha value is -1.43. The highest BCUT2D eigenvalue weighted by Gasteiger charge is 2.32. The van der Waals surface area contributed by atoms with E-state index in [2.05, 4.69) is 12.2 Å². The van der Waals surface area contributed by atoms with Gasteiger partial charge >= 0.3 is 5.97 Å². The largest absolute Gasteiger partial charge is 0.492 e. The number of carbonyl (C=O) groups excluding carboxylic acids is 1. The van der Waals surface area contributed by atoms with Crippen LogP contribution in [-0.2, 0) is 4.74 Å². The molecule has 112 valence electrons. The summed E-state index contributed by atoms with van der Waals surface area (Å²) in [4.78, 5) is 12.2. The van der Waals surface area contributed by atoms with E-state index in [0.29, 0.717) is 28.3 Å². The number of anilines is 2. The Bertz CT molecular complexity index is 495. The van der Waals surface area contributed by atoms with Crippen LogP contribution in [0.2, 0.25) is 0 Å². The highest BCUT2D eigenvalue weighted by Crippen LogP contribution is 2.45. The summed E-state index contributed by atoms with van der Waals surface area (Å²) in [7, 11) is 1.56. The van der Waals surface area contributed by atoms with Crippen LogP contribution in [-0.4, -0.2) is 26.2 Å². The van der Waals surface area contributed by atoms with Gasteiger partial charge < -0.3 is 20.5 Å². The first-order valence-corrected chi connectivity index (χ1v) is 7.69. The topological polar surface area (TPSA) is 73.6 Å². The predicted molar refractivity (Wildman–Crippen MR) is 81.7 cm³/mol. The molecule has 0 radical (unpaired) electrons. The highest BCUT2D eigenvalue weighted by atomic mass is 32.1. The first-order chi connectivity index (χ1) is 9.50. The van der Waals surface area contributed by atoms with Crippen LogP contribution >= 0.6 is 11.3 Å². The van der Waals surface area contributed by atoms with Crippen LogP contribution in [0.25, 0.3) is 0 Å². The van der Waals surface area contributed by atoms with Gasteiger partial charge in [0.05, 0.1) is 13.7 Å². The van der Waals surface area contributed by atoms with Crippen molar-refractivity contribution in [3.05, 3.63) is 4.88 Å². The Morgan fingerprint density at radius 2 is 2.20 bits per heavy atom. The molecule has 0 spiro atoms. The van der Waals surface area contributed by atoms with Crippen molar-refractivity contribution in [2.75, 3.05) is 31.3 Å². The van der Waals surface area contributed by atoms with Crippen LogP contribution < -0.4 is 15.8 Å². The molecule has 1 aliphatic rings. The Balaban J connectivity index is 2.15. The number of nitrogens with two attached hydrogens (primary N) is 1. The maximum absolute atomic E-state index is 11.8. The minimum atomic E-state index is -0.392. The molecule has 0 aliphatic heterocycles. The van der Waals surface area contributed by atoms with E-state index < -0.39 is 5.97 Å². The van der Waals surface area contributed by atoms with Gasteiger partial charge in [0.2, 0.25) is 0 Å². The number of thiophene rings is 1. The normalized spacial score (nSPS) is 16.4. The van der Waals surface area contributed by atoms with Gasteiger partial charge in [0.15, 0.2) is 5.75 Å². The van der Waals surface area contributed by atoms with Crippen molar-refractivity contribution < 1.29 is 14.3 Å². The number of esters is 1. The molecule has 20 heavy (non-hydrogen) atoms. The lowest BCUT2D eigenvalue weighted by atomic mass is 9.70. The number of hydrogen-bond acceptors (Lipinski definition) is 6. The summed E-state index contributed by atoms with van der Waals surface area (Å²) in [5.41, 5.74) is 6.68. The SMILES string of the molecule is CCOC(=O)c1sc(NCC2(C)CCC2)c(OC)c1N. The summed E-state index contributed by atoms with van der Waals surface area (Å²) in [5, 5.41) is 4.18. The maximum Gasteiger partial charge on any atom is 0.350 e. The molecule has 0 aromatic carbocycles. The number of rotatable bonds is 6. The van der Waals surface area contributed by atoms with E-state index in [9.17, 15) is 4.79 Å². The first kappa shape index (κ1) is 15.0. The van der Waals surface area contributed by atoms with Gasteiger partial charge in [0.25, 0.3) is 0 Å². The van der Waals surface area contributed by atoms with Crippen molar-refractivity contribution in [1.29, 1.82) is 0 Å². The average molecular weight is 298 g/mol. The Morgan fingerprint density at radius 1 is 1.50 bits per heavy atom. The van der Waals surface area contributed by atoms with Gasteiger partial charge in [-0.25, -0.2) is 4.79 Å². The van der Waals surface area contributed by atoms with Crippen LogP contribution in [0.5, 0.6) is 5.75 Å². The van der Waals surface area contributed by atoms with E-state index in [1.54, 1.807) is 14.0 Å². The minimum Gasteiger partial charge on any atom is -0.492 e. The lowest BCUT2D eigenvalue weighted by Crippen LogP contribution is -2.33. The van der Waals surface area contributed by atoms with Crippen molar-refractivity contribution in [3.63, 3.8) is 0 Å². The minimum absolute atomic E-state index is 0.333. The summed E-state index contributed by atoms with van der Waals surface area (Å²) in [5.74, 6) is 0.150. The zero-order valence-corrected chi connectivity index (χ0v) is 13.1. The van der Waals surface area contributed by atoms with Crippen LogP contribution in [0.4, 0.5) is 10.7 Å². The molecule has 0 unspecified atom stereocenters. The summed E-state index contributed by atoms with van der Waals surface area (Å²) < 4.78 is 10.3. The second-order valence-electron chi connectivity index (χ2n) is 5.45. The molecule has 2 rings (SSSR count). The molecular weight excluding hydrogens is 276 g/mol. The Morgan fingerprint density at radius 3 is 2.70 bits per heavy atom. The standard InChI is InChI=1S/C14H22N2O3S/c1-4-19-13(17)11-9(15)10(18-3)12(20-11)16-8-14(2)6-5-7-14/h16H,4-8,15H2,1-3H3. The maximum atomic E-state index is 11.8. The monoisotopic (exact) mass is 298 g/mol. The van der Waals surface area contributed by atoms with Crippen molar-refractivity contribution in [2.24, 2.45) is 5.41 Å². The molecule has 1 aromatic rings. The van der Waals surface area contributed by atoms with E-state index >= 15 is 0 Å². The number of hydrogen-bond donors (Lipinski definition) is 2. The van der Waals surface area contributed by atoms with Gasteiger partial charge in [-0.15, -0.1) is 11.3 Å². The second kappa shape index (κ2) is 5.91. The third-order valence-electron chi connectivity index (χ3n) is 3.80. The van der Waals surface area contributed by atoms with Crippen LogP contribution in [0.3, 0.4) is 0 Å². The number of ether oxygens (including phenoxy) is 2. The second-order valence-corrected chi connectivity index (χ2v) is 6.47. The number of nitrogens with one attached hydrogen (secondary N) is 1. The molecule has 0 atom stereocenters. The smallest absolute Gasteiger partial charge is 0.350 e. The average Bonchev–Trinajstić information content (AvgIpc) is 2.71. The van der Waals surface area contributed by atoms with Crippen molar-refractivity contribution >= 4 is 28.0 Å². The fourth-order valence-corrected chi connectivity index (χ4v) is 3.33. The molecule has 1 fully saturated rings. The van der Waals surface area contributed by atoms with E-state index in [-0.39, 0.29) is 0 Å². The molecule has 1 heterocycles. The van der Waals surface area contributed by atoms with Gasteiger partial charge in [-0.1, -0.05) is 13.3 Å². The summed E-state index contributed by atoms with van der Waals surface area (Å²) >= 11 is 1.30. The van der Waals surface area contributed by atoms with Gasteiger partial charge in [0, 0.05) is 6.54 Å². The third-order valence-corrected chi connectivity index (χ3v) is 4.93. The van der Waals surface area contributed by atoms with Gasteiger partial charge in [0.1, 0.15) is 15.6 Å². The van der Waals surface area contributed by atoms with E-state index in [4.69, 9.17) is 15.2 Å². The first-order valence-electron chi connectivity index (χ1n) is 6.88. The van der Waals surface area contributed by atoms with Gasteiger partial charge in [-0.2, -0.15) is 0 Å². The third kappa shape index (κ3) is 2.85. The molecule has 1 aliphatic carbocycles. The molecule has 1 aromatic heterocycles. The Kier molecular flexibility index (Phi) is 4.42. The number of carbonyl (C=O) groups is 1. The van der Waals surface area contributed by atoms with E-state index in [1.807, 2.05) is 0 Å². The summed E-state index contributed by atoms with van der Waals surface area (Å²) in [6, 6.07) is 0. The quantitative estimate of drug-likeness (QED) is 0.789. The van der Waals surface area contributed by atoms with E-state index in [1.165, 1.54) is 30.6 Å². The van der Waals surface area contributed by atoms with Gasteiger partial charge in [-0.05, 0) is 25.2 Å². The molecule has 5 nitrogen and oxygen atoms in total. The fraction of sp³-hybridized carbons (Fsp3) is 0.643. The summed E-state index contributed by atoms with van der Waals surface area (Å²) in [6.07, 6.45) is 3.75. The highest BCUT2D eigenvalue weighted by molar-refractivity contribution is 7.19. The van der Waals surface area contributed by atoms with Crippen LogP contribution in [0.1, 0.15) is 42.8 Å². The molecule has 0 bridgehead atoms. The zero-order chi connectivity index (χ0) is 14.8. The number of methoxy groups -OCH3 is 1. The van der Waals surface area contributed by atoms with E-state index in [0.717, 1.165) is 11.5 Å². The molecule has 6 heteroatoms. The zero-order valence-electron chi connectivity index (χ0n) is 12.2. The molecule has 0 amide bonds. The van der Waals surface area contributed by atoms with Crippen LogP contribution in [0.15, 0.2) is 0 Å². The van der Waals surface area contributed by atoms with Crippen LogP contribution in [0, 0.1) is 5.41 Å². The fourth-order valence-electron chi connectivity index (χ4n) is 2.35.